The van der Waals surface area contributed by atoms with Gasteiger partial charge in [-0.25, -0.2) is 0 Å². The van der Waals surface area contributed by atoms with E-state index >= 15 is 0 Å². The number of nitrogens with zero attached hydrogens (tertiary/aromatic N) is 1. The van der Waals surface area contributed by atoms with Crippen molar-refractivity contribution in [3.63, 3.8) is 0 Å². The van der Waals surface area contributed by atoms with Crippen molar-refractivity contribution in [1.82, 2.24) is 4.98 Å². The summed E-state index contributed by atoms with van der Waals surface area (Å²) in [6.45, 7) is 0. The molecule has 1 fully saturated rings. The van der Waals surface area contributed by atoms with E-state index in [1.54, 1.807) is 0 Å². The normalized spacial score (nSPS) is 21.5. The van der Waals surface area contributed by atoms with Crippen LogP contribution in [0.15, 0.2) is 24.5 Å². The van der Waals surface area contributed by atoms with Gasteiger partial charge in [0.1, 0.15) is 0 Å². The molecule has 1 aromatic rings. The quantitative estimate of drug-likeness (QED) is 0.691. The van der Waals surface area contributed by atoms with E-state index in [9.17, 15) is 0 Å². The Morgan fingerprint density at radius 3 is 2.43 bits per heavy atom. The topological polar surface area (TPSA) is 38.9 Å². The first-order valence-corrected chi connectivity index (χ1v) is 5.51. The highest BCUT2D eigenvalue weighted by Crippen LogP contribution is 2.32. The minimum Gasteiger partial charge on any atom is -0.321 e. The van der Waals surface area contributed by atoms with Crippen LogP contribution in [0, 0.1) is 0 Å². The highest BCUT2D eigenvalue weighted by molar-refractivity contribution is 5.20. The Bertz CT molecular complexity index is 274. The average molecular weight is 190 g/mol. The van der Waals surface area contributed by atoms with Gasteiger partial charge in [0.15, 0.2) is 0 Å². The van der Waals surface area contributed by atoms with E-state index in [1.165, 1.54) is 31.2 Å². The fraction of sp³-hybridized carbons (Fsp3) is 0.583. The number of pyridine rings is 1. The van der Waals surface area contributed by atoms with Crippen LogP contribution < -0.4 is 5.73 Å². The minimum atomic E-state index is -0.106. The maximum absolute atomic E-state index is 6.44. The lowest BCUT2D eigenvalue weighted by Crippen LogP contribution is -2.36. The van der Waals surface area contributed by atoms with Crippen molar-refractivity contribution in [1.29, 1.82) is 0 Å². The first kappa shape index (κ1) is 9.66. The summed E-state index contributed by atoms with van der Waals surface area (Å²) in [7, 11) is 0. The molecule has 1 heterocycles. The van der Waals surface area contributed by atoms with Crippen LogP contribution in [0.3, 0.4) is 0 Å². The second-order valence-electron chi connectivity index (χ2n) is 4.31. The molecule has 2 N–H and O–H groups in total. The molecule has 0 saturated heterocycles. The maximum atomic E-state index is 6.44. The third kappa shape index (κ3) is 1.95. The van der Waals surface area contributed by atoms with E-state index in [2.05, 4.69) is 11.1 Å². The highest BCUT2D eigenvalue weighted by atomic mass is 14.8. The van der Waals surface area contributed by atoms with E-state index < -0.39 is 0 Å². The van der Waals surface area contributed by atoms with Gasteiger partial charge < -0.3 is 5.73 Å². The standard InChI is InChI=1S/C12H18N2/c13-12(7-3-1-2-4-8-12)11-6-5-9-14-10-11/h5-6,9-10H,1-4,7-8,13H2. The summed E-state index contributed by atoms with van der Waals surface area (Å²) < 4.78 is 0. The summed E-state index contributed by atoms with van der Waals surface area (Å²) in [6.07, 6.45) is 11.1. The van der Waals surface area contributed by atoms with Crippen molar-refractivity contribution in [2.45, 2.75) is 44.1 Å². The minimum absolute atomic E-state index is 0.106. The first-order valence-electron chi connectivity index (χ1n) is 5.51. The Morgan fingerprint density at radius 1 is 1.14 bits per heavy atom. The number of rotatable bonds is 1. The molecule has 0 atom stereocenters. The monoisotopic (exact) mass is 190 g/mol. The van der Waals surface area contributed by atoms with Gasteiger partial charge in [-0.3, -0.25) is 4.98 Å². The van der Waals surface area contributed by atoms with Gasteiger partial charge in [0, 0.05) is 17.9 Å². The second kappa shape index (κ2) is 4.09. The van der Waals surface area contributed by atoms with E-state index in [1.807, 2.05) is 18.5 Å². The Hall–Kier alpha value is -0.890. The number of hydrogen-bond acceptors (Lipinski definition) is 2. The SMILES string of the molecule is NC1(c2cccnc2)CCCCCC1. The summed E-state index contributed by atoms with van der Waals surface area (Å²) in [6, 6.07) is 4.09. The average Bonchev–Trinajstić information content (AvgIpc) is 2.46. The van der Waals surface area contributed by atoms with Crippen LogP contribution in [0.25, 0.3) is 0 Å². The fourth-order valence-corrected chi connectivity index (χ4v) is 2.31. The Labute approximate surface area is 85.5 Å². The predicted molar refractivity (Wildman–Crippen MR) is 57.8 cm³/mol. The largest absolute Gasteiger partial charge is 0.321 e. The second-order valence-corrected chi connectivity index (χ2v) is 4.31. The summed E-state index contributed by atoms with van der Waals surface area (Å²) in [4.78, 5) is 4.16. The van der Waals surface area contributed by atoms with E-state index in [-0.39, 0.29) is 5.54 Å². The van der Waals surface area contributed by atoms with Crippen LogP contribution in [0.5, 0.6) is 0 Å². The molecule has 0 unspecified atom stereocenters. The molecule has 2 nitrogen and oxygen atoms in total. The summed E-state index contributed by atoms with van der Waals surface area (Å²) in [5, 5.41) is 0. The van der Waals surface area contributed by atoms with Gasteiger partial charge in [0.05, 0.1) is 0 Å². The van der Waals surface area contributed by atoms with Crippen molar-refractivity contribution in [2.24, 2.45) is 5.73 Å². The lowest BCUT2D eigenvalue weighted by atomic mass is 9.85. The van der Waals surface area contributed by atoms with Gasteiger partial charge in [0.25, 0.3) is 0 Å². The lowest BCUT2D eigenvalue weighted by Gasteiger charge is -2.28. The fourth-order valence-electron chi connectivity index (χ4n) is 2.31. The zero-order chi connectivity index (χ0) is 9.86. The molecule has 1 aliphatic rings. The molecule has 14 heavy (non-hydrogen) atoms. The van der Waals surface area contributed by atoms with E-state index in [0.717, 1.165) is 12.8 Å². The van der Waals surface area contributed by atoms with Crippen molar-refractivity contribution in [2.75, 3.05) is 0 Å². The number of hydrogen-bond donors (Lipinski definition) is 1. The summed E-state index contributed by atoms with van der Waals surface area (Å²) >= 11 is 0. The predicted octanol–water partition coefficient (Wildman–Crippen LogP) is 2.59. The molecule has 1 aliphatic carbocycles. The van der Waals surface area contributed by atoms with Gasteiger partial charge in [-0.15, -0.1) is 0 Å². The van der Waals surface area contributed by atoms with Crippen molar-refractivity contribution in [3.8, 4) is 0 Å². The van der Waals surface area contributed by atoms with Gasteiger partial charge >= 0.3 is 0 Å². The third-order valence-corrected chi connectivity index (χ3v) is 3.23. The van der Waals surface area contributed by atoms with Gasteiger partial charge in [-0.1, -0.05) is 31.7 Å². The molecule has 0 bridgehead atoms. The third-order valence-electron chi connectivity index (χ3n) is 3.23. The molecule has 1 saturated carbocycles. The molecule has 0 aliphatic heterocycles. The van der Waals surface area contributed by atoms with Crippen LogP contribution in [0.1, 0.15) is 44.1 Å². The summed E-state index contributed by atoms with van der Waals surface area (Å²) in [5.74, 6) is 0. The van der Waals surface area contributed by atoms with Gasteiger partial charge in [-0.05, 0) is 24.5 Å². The van der Waals surface area contributed by atoms with Crippen molar-refractivity contribution in [3.05, 3.63) is 30.1 Å². The van der Waals surface area contributed by atoms with E-state index in [0.29, 0.717) is 0 Å². The molecular formula is C12H18N2. The van der Waals surface area contributed by atoms with Crippen molar-refractivity contribution < 1.29 is 0 Å². The number of aromatic nitrogens is 1. The molecule has 1 aromatic heterocycles. The van der Waals surface area contributed by atoms with Gasteiger partial charge in [-0.2, -0.15) is 0 Å². The zero-order valence-corrected chi connectivity index (χ0v) is 8.58. The lowest BCUT2D eigenvalue weighted by molar-refractivity contribution is 0.384. The first-order chi connectivity index (χ1) is 6.81. The maximum Gasteiger partial charge on any atom is 0.0425 e. The smallest absolute Gasteiger partial charge is 0.0425 e. The highest BCUT2D eigenvalue weighted by Gasteiger charge is 2.27. The molecule has 0 spiro atoms. The Balaban J connectivity index is 2.21. The van der Waals surface area contributed by atoms with Crippen LogP contribution in [-0.2, 0) is 5.54 Å². The van der Waals surface area contributed by atoms with Gasteiger partial charge in [0.2, 0.25) is 0 Å². The molecule has 2 heteroatoms. The van der Waals surface area contributed by atoms with Crippen LogP contribution in [-0.4, -0.2) is 4.98 Å². The van der Waals surface area contributed by atoms with E-state index in [4.69, 9.17) is 5.73 Å². The zero-order valence-electron chi connectivity index (χ0n) is 8.58. The number of nitrogens with two attached hydrogens (primary N) is 1. The molecule has 76 valence electrons. The molecule has 0 amide bonds. The van der Waals surface area contributed by atoms with Crippen molar-refractivity contribution >= 4 is 0 Å². The molecule has 0 aromatic carbocycles. The Kier molecular flexibility index (Phi) is 2.82. The van der Waals surface area contributed by atoms with Crippen LogP contribution in [0.4, 0.5) is 0 Å². The molecule has 2 rings (SSSR count). The molecular weight excluding hydrogens is 172 g/mol. The summed E-state index contributed by atoms with van der Waals surface area (Å²) in [5.41, 5.74) is 7.54. The van der Waals surface area contributed by atoms with Crippen LogP contribution in [0.2, 0.25) is 0 Å². The molecule has 0 radical (unpaired) electrons. The van der Waals surface area contributed by atoms with Crippen LogP contribution >= 0.6 is 0 Å². The Morgan fingerprint density at radius 2 is 1.86 bits per heavy atom.